The van der Waals surface area contributed by atoms with E-state index in [0.29, 0.717) is 11.4 Å². The normalized spacial score (nSPS) is 15.5. The van der Waals surface area contributed by atoms with Crippen molar-refractivity contribution < 1.29 is 14.2 Å². The molecule has 0 fully saturated rings. The van der Waals surface area contributed by atoms with Crippen LogP contribution in [0.25, 0.3) is 0 Å². The van der Waals surface area contributed by atoms with E-state index in [1.54, 1.807) is 13.2 Å². The molecule has 2 nitrogen and oxygen atoms in total. The number of halogens is 2. The molecule has 2 unspecified atom stereocenters. The Labute approximate surface area is 113 Å². The summed E-state index contributed by atoms with van der Waals surface area (Å²) in [6.07, 6.45) is -0.647. The van der Waals surface area contributed by atoms with E-state index in [-0.39, 0.29) is 17.3 Å². The lowest BCUT2D eigenvalue weighted by Crippen LogP contribution is -2.40. The summed E-state index contributed by atoms with van der Waals surface area (Å²) in [7, 11) is 1.57. The Hall–Kier alpha value is -0.640. The topological polar surface area (TPSA) is 29.5 Å². The summed E-state index contributed by atoms with van der Waals surface area (Å²) in [6, 6.07) is 4.19. The second-order valence-electron chi connectivity index (χ2n) is 5.53. The molecule has 0 radical (unpaired) electrons. The highest BCUT2D eigenvalue weighted by Crippen LogP contribution is 2.27. The Morgan fingerprint density at radius 1 is 1.39 bits per heavy atom. The van der Waals surface area contributed by atoms with Gasteiger partial charge < -0.3 is 9.84 Å². The maximum atomic E-state index is 12.9. The van der Waals surface area contributed by atoms with E-state index in [1.165, 1.54) is 12.1 Å². The van der Waals surface area contributed by atoms with Crippen molar-refractivity contribution in [3.8, 4) is 0 Å². The van der Waals surface area contributed by atoms with E-state index in [9.17, 15) is 9.50 Å². The Bertz CT molecular complexity index is 401. The first kappa shape index (κ1) is 15.4. The summed E-state index contributed by atoms with van der Waals surface area (Å²) in [4.78, 5) is 0. The van der Waals surface area contributed by atoms with Crippen LogP contribution in [0.15, 0.2) is 18.2 Å². The molecule has 0 aliphatic rings. The van der Waals surface area contributed by atoms with Crippen LogP contribution < -0.4 is 0 Å². The summed E-state index contributed by atoms with van der Waals surface area (Å²) >= 11 is 5.94. The Morgan fingerprint density at radius 3 is 2.44 bits per heavy atom. The highest BCUT2D eigenvalue weighted by atomic mass is 35.5. The van der Waals surface area contributed by atoms with Crippen LogP contribution in [0.2, 0.25) is 5.02 Å². The minimum absolute atomic E-state index is 0.180. The van der Waals surface area contributed by atoms with Crippen LogP contribution in [-0.2, 0) is 11.2 Å². The molecular formula is C14H20ClFO2. The monoisotopic (exact) mass is 274 g/mol. The maximum Gasteiger partial charge on any atom is 0.124 e. The van der Waals surface area contributed by atoms with Gasteiger partial charge in [-0.15, -0.1) is 0 Å². The number of aliphatic hydroxyl groups excluding tert-OH is 1. The van der Waals surface area contributed by atoms with E-state index < -0.39 is 6.10 Å². The second kappa shape index (κ2) is 6.00. The number of hydrogen-bond donors (Lipinski definition) is 1. The zero-order valence-electron chi connectivity index (χ0n) is 11.2. The van der Waals surface area contributed by atoms with Crippen molar-refractivity contribution in [1.29, 1.82) is 0 Å². The van der Waals surface area contributed by atoms with Crippen molar-refractivity contribution in [2.24, 2.45) is 5.41 Å². The smallest absolute Gasteiger partial charge is 0.124 e. The molecule has 1 aromatic rings. The molecule has 102 valence electrons. The van der Waals surface area contributed by atoms with Gasteiger partial charge in [0.05, 0.1) is 12.2 Å². The van der Waals surface area contributed by atoms with Gasteiger partial charge in [0.1, 0.15) is 5.82 Å². The molecule has 0 heterocycles. The van der Waals surface area contributed by atoms with Crippen molar-refractivity contribution in [1.82, 2.24) is 0 Å². The van der Waals surface area contributed by atoms with Gasteiger partial charge in [0.2, 0.25) is 0 Å². The van der Waals surface area contributed by atoms with Crippen LogP contribution in [0.1, 0.15) is 26.3 Å². The average molecular weight is 275 g/mol. The van der Waals surface area contributed by atoms with Crippen LogP contribution >= 0.6 is 11.6 Å². The predicted molar refractivity (Wildman–Crippen MR) is 71.4 cm³/mol. The Morgan fingerprint density at radius 2 is 2.00 bits per heavy atom. The number of aliphatic hydroxyl groups is 1. The van der Waals surface area contributed by atoms with Gasteiger partial charge in [0.25, 0.3) is 0 Å². The summed E-state index contributed by atoms with van der Waals surface area (Å²) < 4.78 is 18.3. The minimum atomic E-state index is -0.682. The van der Waals surface area contributed by atoms with Crippen molar-refractivity contribution in [2.45, 2.75) is 39.4 Å². The van der Waals surface area contributed by atoms with Gasteiger partial charge in [-0.25, -0.2) is 4.39 Å². The lowest BCUT2D eigenvalue weighted by molar-refractivity contribution is -0.0699. The summed E-state index contributed by atoms with van der Waals surface area (Å²) in [5.41, 5.74) is 0.539. The Balaban J connectivity index is 2.83. The minimum Gasteiger partial charge on any atom is -0.390 e. The second-order valence-corrected chi connectivity index (χ2v) is 5.94. The van der Waals surface area contributed by atoms with Crippen molar-refractivity contribution in [2.75, 3.05) is 7.11 Å². The van der Waals surface area contributed by atoms with Crippen molar-refractivity contribution in [3.63, 3.8) is 0 Å². The van der Waals surface area contributed by atoms with Crippen LogP contribution in [0.4, 0.5) is 4.39 Å². The quantitative estimate of drug-likeness (QED) is 0.911. The van der Waals surface area contributed by atoms with Crippen LogP contribution in [-0.4, -0.2) is 24.4 Å². The van der Waals surface area contributed by atoms with Gasteiger partial charge in [-0.2, -0.15) is 0 Å². The van der Waals surface area contributed by atoms with E-state index in [0.717, 1.165) is 5.56 Å². The standard InChI is InChI=1S/C14H20ClFO2/c1-14(2,3)13(18-4)12(17)7-9-5-6-10(16)8-11(9)15/h5-6,8,12-13,17H,7H2,1-4H3. The molecule has 0 saturated heterocycles. The molecule has 0 saturated carbocycles. The third-order valence-electron chi connectivity index (χ3n) is 2.90. The van der Waals surface area contributed by atoms with Gasteiger partial charge in [0.15, 0.2) is 0 Å². The highest BCUT2D eigenvalue weighted by molar-refractivity contribution is 6.31. The largest absolute Gasteiger partial charge is 0.390 e. The molecule has 0 bridgehead atoms. The van der Waals surface area contributed by atoms with Crippen molar-refractivity contribution in [3.05, 3.63) is 34.6 Å². The first-order chi connectivity index (χ1) is 8.25. The number of rotatable bonds is 4. The number of ether oxygens (including phenoxy) is 1. The molecule has 0 spiro atoms. The maximum absolute atomic E-state index is 12.9. The molecule has 1 rings (SSSR count). The number of methoxy groups -OCH3 is 1. The summed E-state index contributed by atoms with van der Waals surface area (Å²) in [5, 5.41) is 10.5. The zero-order chi connectivity index (χ0) is 13.9. The molecule has 18 heavy (non-hydrogen) atoms. The number of benzene rings is 1. The van der Waals surface area contributed by atoms with Crippen molar-refractivity contribution >= 4 is 11.6 Å². The molecule has 1 N–H and O–H groups in total. The third kappa shape index (κ3) is 3.94. The number of hydrogen-bond acceptors (Lipinski definition) is 2. The van der Waals surface area contributed by atoms with E-state index >= 15 is 0 Å². The highest BCUT2D eigenvalue weighted by Gasteiger charge is 2.31. The molecule has 0 aliphatic carbocycles. The fourth-order valence-electron chi connectivity index (χ4n) is 2.11. The van der Waals surface area contributed by atoms with Gasteiger partial charge in [-0.1, -0.05) is 38.4 Å². The zero-order valence-corrected chi connectivity index (χ0v) is 12.0. The van der Waals surface area contributed by atoms with Crippen LogP contribution in [0.5, 0.6) is 0 Å². The summed E-state index contributed by atoms with van der Waals surface area (Å²) in [6.45, 7) is 5.99. The van der Waals surface area contributed by atoms with E-state index in [2.05, 4.69) is 0 Å². The lowest BCUT2D eigenvalue weighted by atomic mass is 9.84. The Kier molecular flexibility index (Phi) is 5.14. The molecule has 0 amide bonds. The van der Waals surface area contributed by atoms with Crippen LogP contribution in [0.3, 0.4) is 0 Å². The molecular weight excluding hydrogens is 255 g/mol. The van der Waals surface area contributed by atoms with Crippen LogP contribution in [0, 0.1) is 11.2 Å². The third-order valence-corrected chi connectivity index (χ3v) is 3.25. The average Bonchev–Trinajstić information content (AvgIpc) is 2.21. The van der Waals surface area contributed by atoms with E-state index in [4.69, 9.17) is 16.3 Å². The molecule has 0 aliphatic heterocycles. The summed E-state index contributed by atoms with van der Waals surface area (Å²) in [5.74, 6) is -0.377. The fraction of sp³-hybridized carbons (Fsp3) is 0.571. The molecule has 0 aromatic heterocycles. The van der Waals surface area contributed by atoms with Gasteiger partial charge in [-0.3, -0.25) is 0 Å². The van der Waals surface area contributed by atoms with E-state index in [1.807, 2.05) is 20.8 Å². The first-order valence-electron chi connectivity index (χ1n) is 5.90. The molecule has 4 heteroatoms. The van der Waals surface area contributed by atoms with Gasteiger partial charge in [0, 0.05) is 18.6 Å². The molecule has 2 atom stereocenters. The SMILES string of the molecule is COC(C(O)Cc1ccc(F)cc1Cl)C(C)(C)C. The predicted octanol–water partition coefficient (Wildman–Crippen LogP) is 3.44. The van der Waals surface area contributed by atoms with Gasteiger partial charge in [-0.05, 0) is 23.1 Å². The van der Waals surface area contributed by atoms with Gasteiger partial charge >= 0.3 is 0 Å². The molecule has 1 aromatic carbocycles. The lowest BCUT2D eigenvalue weighted by Gasteiger charge is -2.33. The first-order valence-corrected chi connectivity index (χ1v) is 6.28. The fourth-order valence-corrected chi connectivity index (χ4v) is 2.35.